The quantitative estimate of drug-likeness (QED) is 0.626. The van der Waals surface area contributed by atoms with Gasteiger partial charge in [-0.2, -0.15) is 0 Å². The Morgan fingerprint density at radius 1 is 1.04 bits per heavy atom. The summed E-state index contributed by atoms with van der Waals surface area (Å²) < 4.78 is 20.2. The predicted molar refractivity (Wildman–Crippen MR) is 90.1 cm³/mol. The highest BCUT2D eigenvalue weighted by molar-refractivity contribution is 7.89. The van der Waals surface area contributed by atoms with Crippen LogP contribution in [-0.2, 0) is 20.9 Å². The van der Waals surface area contributed by atoms with Gasteiger partial charge in [-0.1, -0.05) is 37.5 Å². The lowest BCUT2D eigenvalue weighted by molar-refractivity contribution is -0.156. The summed E-state index contributed by atoms with van der Waals surface area (Å²) in [6.07, 6.45) is 7.05. The van der Waals surface area contributed by atoms with Crippen LogP contribution >= 0.6 is 0 Å². The zero-order valence-corrected chi connectivity index (χ0v) is 14.3. The Morgan fingerprint density at radius 3 is 2.35 bits per heavy atom. The van der Waals surface area contributed by atoms with E-state index in [2.05, 4.69) is 0 Å². The maximum Gasteiger partial charge on any atom is 0.309 e. The van der Waals surface area contributed by atoms with Gasteiger partial charge in [-0.3, -0.25) is 4.79 Å². The van der Waals surface area contributed by atoms with E-state index in [9.17, 15) is 9.35 Å². The van der Waals surface area contributed by atoms with Gasteiger partial charge in [-0.25, -0.2) is 0 Å². The minimum Gasteiger partial charge on any atom is -0.593 e. The van der Waals surface area contributed by atoms with Crippen LogP contribution in [0.1, 0.15) is 44.9 Å². The highest BCUT2D eigenvalue weighted by Gasteiger charge is 2.31. The first-order valence-electron chi connectivity index (χ1n) is 8.66. The van der Waals surface area contributed by atoms with Crippen molar-refractivity contribution in [2.75, 3.05) is 13.1 Å². The summed E-state index contributed by atoms with van der Waals surface area (Å²) in [5.41, 5.74) is 0. The van der Waals surface area contributed by atoms with Crippen LogP contribution in [0.5, 0.6) is 0 Å². The number of nitrogens with zero attached hydrogens (tertiary/aromatic N) is 1. The number of hydrogen-bond donors (Lipinski definition) is 0. The number of esters is 1. The van der Waals surface area contributed by atoms with Crippen molar-refractivity contribution in [3.63, 3.8) is 0 Å². The fourth-order valence-electron chi connectivity index (χ4n) is 3.40. The van der Waals surface area contributed by atoms with Gasteiger partial charge in [0.25, 0.3) is 0 Å². The van der Waals surface area contributed by atoms with E-state index >= 15 is 0 Å². The van der Waals surface area contributed by atoms with Gasteiger partial charge in [0.05, 0.1) is 17.3 Å². The lowest BCUT2D eigenvalue weighted by Crippen LogP contribution is -2.41. The fraction of sp³-hybridized carbons (Fsp3) is 0.611. The van der Waals surface area contributed by atoms with Crippen LogP contribution in [0.4, 0.5) is 0 Å². The van der Waals surface area contributed by atoms with Gasteiger partial charge >= 0.3 is 5.97 Å². The van der Waals surface area contributed by atoms with Crippen LogP contribution in [0.2, 0.25) is 0 Å². The lowest BCUT2D eigenvalue weighted by atomic mass is 9.89. The Bertz CT molecular complexity index is 496. The van der Waals surface area contributed by atoms with Gasteiger partial charge in [0.15, 0.2) is 4.90 Å². The number of carbonyl (C=O) groups is 1. The maximum absolute atomic E-state index is 12.5. The highest BCUT2D eigenvalue weighted by Crippen LogP contribution is 2.27. The van der Waals surface area contributed by atoms with Crippen LogP contribution in [0, 0.1) is 5.92 Å². The predicted octanol–water partition coefficient (Wildman–Crippen LogP) is 3.30. The Kier molecular flexibility index (Phi) is 5.97. The van der Waals surface area contributed by atoms with Crippen molar-refractivity contribution in [1.82, 2.24) is 4.31 Å². The van der Waals surface area contributed by atoms with E-state index in [1.54, 1.807) is 0 Å². The van der Waals surface area contributed by atoms with E-state index in [1.165, 1.54) is 6.42 Å². The van der Waals surface area contributed by atoms with Crippen LogP contribution in [0.15, 0.2) is 35.2 Å². The molecule has 1 unspecified atom stereocenters. The Hall–Kier alpha value is -1.04. The third-order valence-electron chi connectivity index (χ3n) is 4.80. The molecule has 23 heavy (non-hydrogen) atoms. The van der Waals surface area contributed by atoms with Gasteiger partial charge in [0.1, 0.15) is 6.10 Å². The van der Waals surface area contributed by atoms with Crippen molar-refractivity contribution in [2.45, 2.75) is 55.9 Å². The first kappa shape index (κ1) is 16.8. The van der Waals surface area contributed by atoms with E-state index in [4.69, 9.17) is 4.74 Å². The van der Waals surface area contributed by atoms with Gasteiger partial charge in [0, 0.05) is 25.9 Å². The molecule has 1 atom stereocenters. The summed E-state index contributed by atoms with van der Waals surface area (Å²) in [6, 6.07) is 9.53. The number of hydrogen-bond acceptors (Lipinski definition) is 4. The molecule has 1 saturated heterocycles. The molecule has 1 aliphatic heterocycles. The number of carbonyl (C=O) groups excluding carboxylic acids is 1. The summed E-state index contributed by atoms with van der Waals surface area (Å²) in [4.78, 5) is 13.0. The average Bonchev–Trinajstić information content (AvgIpc) is 2.63. The van der Waals surface area contributed by atoms with Crippen molar-refractivity contribution >= 4 is 17.3 Å². The molecular weight excluding hydrogens is 310 g/mol. The SMILES string of the molecule is O=C(OC1CCN([S+]([O-])c2ccccc2)CC1)C1CCCCC1. The Morgan fingerprint density at radius 2 is 1.70 bits per heavy atom. The van der Waals surface area contributed by atoms with Crippen molar-refractivity contribution < 1.29 is 14.1 Å². The minimum atomic E-state index is -1.11. The lowest BCUT2D eigenvalue weighted by Gasteiger charge is -2.32. The summed E-state index contributed by atoms with van der Waals surface area (Å²) >= 11 is -1.11. The molecule has 0 spiro atoms. The molecule has 1 aliphatic carbocycles. The molecule has 3 rings (SSSR count). The number of piperidine rings is 1. The van der Waals surface area contributed by atoms with Crippen LogP contribution < -0.4 is 0 Å². The molecule has 1 aromatic carbocycles. The first-order chi connectivity index (χ1) is 11.2. The molecule has 0 aromatic heterocycles. The molecule has 0 N–H and O–H groups in total. The molecule has 5 heteroatoms. The van der Waals surface area contributed by atoms with Crippen molar-refractivity contribution in [3.05, 3.63) is 30.3 Å². The van der Waals surface area contributed by atoms with Gasteiger partial charge in [-0.15, -0.1) is 4.31 Å². The van der Waals surface area contributed by atoms with E-state index in [0.29, 0.717) is 13.1 Å². The molecule has 1 heterocycles. The second kappa shape index (κ2) is 8.18. The molecule has 2 fully saturated rings. The summed E-state index contributed by atoms with van der Waals surface area (Å²) in [5.74, 6) is 0.104. The molecule has 4 nitrogen and oxygen atoms in total. The van der Waals surface area contributed by atoms with Crippen LogP contribution in [0.25, 0.3) is 0 Å². The average molecular weight is 335 g/mol. The largest absolute Gasteiger partial charge is 0.593 e. The number of ether oxygens (including phenoxy) is 1. The molecule has 0 amide bonds. The topological polar surface area (TPSA) is 52.6 Å². The molecule has 1 aromatic rings. The minimum absolute atomic E-state index is 0.00606. The molecular formula is C18H25NO3S. The monoisotopic (exact) mass is 335 g/mol. The summed E-state index contributed by atoms with van der Waals surface area (Å²) in [6.45, 7) is 1.42. The standard InChI is InChI=1S/C18H25NO3S/c20-18(15-7-3-1-4-8-15)22-16-11-13-19(14-12-16)23(21)17-9-5-2-6-10-17/h2,5-6,9-10,15-16H,1,3-4,7-8,11-14H2. The zero-order valence-electron chi connectivity index (χ0n) is 13.5. The van der Waals surface area contributed by atoms with Crippen LogP contribution in [-0.4, -0.2) is 34.0 Å². The highest BCUT2D eigenvalue weighted by atomic mass is 32.2. The van der Waals surface area contributed by atoms with Gasteiger partial charge < -0.3 is 9.29 Å². The maximum atomic E-state index is 12.5. The number of benzene rings is 1. The molecule has 0 radical (unpaired) electrons. The second-order valence-corrected chi connectivity index (χ2v) is 7.95. The Balaban J connectivity index is 1.45. The van der Waals surface area contributed by atoms with Crippen molar-refractivity contribution in [2.24, 2.45) is 5.92 Å². The van der Waals surface area contributed by atoms with Gasteiger partial charge in [-0.05, 0) is 25.0 Å². The molecule has 126 valence electrons. The zero-order chi connectivity index (χ0) is 16.1. The third-order valence-corrected chi connectivity index (χ3v) is 6.31. The van der Waals surface area contributed by atoms with Gasteiger partial charge in [0.2, 0.25) is 0 Å². The Labute approximate surface area is 141 Å². The second-order valence-electron chi connectivity index (χ2n) is 6.46. The van der Waals surface area contributed by atoms with E-state index in [-0.39, 0.29) is 18.0 Å². The third kappa shape index (κ3) is 4.49. The molecule has 0 bridgehead atoms. The first-order valence-corrected chi connectivity index (χ1v) is 9.77. The van der Waals surface area contributed by atoms with Crippen LogP contribution in [0.3, 0.4) is 0 Å². The van der Waals surface area contributed by atoms with E-state index < -0.39 is 11.4 Å². The van der Waals surface area contributed by atoms with Crippen molar-refractivity contribution in [3.8, 4) is 0 Å². The van der Waals surface area contributed by atoms with Crippen molar-refractivity contribution in [1.29, 1.82) is 0 Å². The van der Waals surface area contributed by atoms with E-state index in [0.717, 1.165) is 43.4 Å². The van der Waals surface area contributed by atoms with E-state index in [1.807, 2.05) is 34.6 Å². The summed E-state index contributed by atoms with van der Waals surface area (Å²) in [7, 11) is 0. The fourth-order valence-corrected chi connectivity index (χ4v) is 4.63. The number of rotatable bonds is 4. The normalized spacial score (nSPS) is 22.7. The summed E-state index contributed by atoms with van der Waals surface area (Å²) in [5, 5.41) is 0. The molecule has 1 saturated carbocycles. The molecule has 2 aliphatic rings. The smallest absolute Gasteiger partial charge is 0.309 e.